The summed E-state index contributed by atoms with van der Waals surface area (Å²) in [4.78, 5) is 0. The first kappa shape index (κ1) is 32.4. The molecule has 43 heavy (non-hydrogen) atoms. The smallest absolute Gasteiger partial charge is 0.0497 e. The third kappa shape index (κ3) is 3.88. The van der Waals surface area contributed by atoms with E-state index in [0.29, 0.717) is 0 Å². The van der Waals surface area contributed by atoms with Crippen molar-refractivity contribution in [1.82, 2.24) is 0 Å². The number of hydrogen-bond acceptors (Lipinski definition) is 0. The van der Waals surface area contributed by atoms with Crippen LogP contribution in [0.4, 0.5) is 0 Å². The van der Waals surface area contributed by atoms with E-state index in [0.717, 1.165) is 12.8 Å². The maximum absolute atomic E-state index is 4.16. The predicted octanol–water partition coefficient (Wildman–Crippen LogP) is 10.3. The molecule has 4 aromatic rings. The molecule has 0 saturated carbocycles. The van der Waals surface area contributed by atoms with Gasteiger partial charge in [0.15, 0.2) is 0 Å². The first-order valence-electron chi connectivity index (χ1n) is 15.9. The van der Waals surface area contributed by atoms with Crippen molar-refractivity contribution in [2.75, 3.05) is 0 Å². The van der Waals surface area contributed by atoms with Crippen molar-refractivity contribution in [3.05, 3.63) is 134 Å². The molecule has 6 rings (SSSR count). The predicted molar refractivity (Wildman–Crippen MR) is 180 cm³/mol. The second-order valence-electron chi connectivity index (χ2n) is 14.0. The fraction of sp³-hybridized carbons (Fsp3) is 0.429. The molecular weight excluding hydrogens is 593 g/mol. The number of fused-ring (bicyclic) bond motifs is 8. The second kappa shape index (κ2) is 10.5. The third-order valence-electron chi connectivity index (χ3n) is 12.8. The van der Waals surface area contributed by atoms with Crippen molar-refractivity contribution in [2.45, 2.75) is 122 Å². The summed E-state index contributed by atoms with van der Waals surface area (Å²) in [5, 5.41) is 0. The first-order chi connectivity index (χ1) is 19.6. The summed E-state index contributed by atoms with van der Waals surface area (Å²) in [6, 6.07) is 4.16. The monoisotopic (exact) mass is 642 g/mol. The van der Waals surface area contributed by atoms with E-state index in [1.54, 1.807) is 33.4 Å². The van der Waals surface area contributed by atoms with Gasteiger partial charge in [0.1, 0.15) is 0 Å². The van der Waals surface area contributed by atoms with Crippen LogP contribution < -0.4 is 0 Å². The molecule has 4 aromatic carbocycles. The number of hydrogen-bond donors (Lipinski definition) is 0. The minimum Gasteiger partial charge on any atom is -0.175 e. The Bertz CT molecular complexity index is 1750. The average molecular weight is 643 g/mol. The van der Waals surface area contributed by atoms with E-state index in [4.69, 9.17) is 0 Å². The molecule has 221 valence electrons. The van der Waals surface area contributed by atoms with Crippen molar-refractivity contribution in [1.29, 1.82) is 0 Å². The van der Waals surface area contributed by atoms with Gasteiger partial charge in [-0.2, -0.15) is 22.8 Å². The van der Waals surface area contributed by atoms with Crippen molar-refractivity contribution < 1.29 is 32.7 Å². The average Bonchev–Trinajstić information content (AvgIpc) is 2.97. The van der Waals surface area contributed by atoms with E-state index in [1.165, 1.54) is 94.6 Å². The maximum atomic E-state index is 4.16. The van der Waals surface area contributed by atoms with Gasteiger partial charge in [0.2, 0.25) is 0 Å². The van der Waals surface area contributed by atoms with Gasteiger partial charge in [-0.3, -0.25) is 0 Å². The van der Waals surface area contributed by atoms with Crippen molar-refractivity contribution in [2.24, 2.45) is 0 Å². The van der Waals surface area contributed by atoms with Gasteiger partial charge < -0.3 is 0 Å². The van der Waals surface area contributed by atoms with Crippen molar-refractivity contribution in [3.63, 3.8) is 0 Å². The van der Waals surface area contributed by atoms with Crippen LogP contribution in [0.1, 0.15) is 128 Å². The summed E-state index contributed by atoms with van der Waals surface area (Å²) < 4.78 is 0. The summed E-state index contributed by atoms with van der Waals surface area (Å²) in [5.74, 6) is 0. The molecule has 1 radical (unpaired) electrons. The van der Waals surface area contributed by atoms with Gasteiger partial charge in [-0.15, -0.1) is 11.1 Å². The molecule has 2 aliphatic rings. The van der Waals surface area contributed by atoms with Crippen LogP contribution >= 0.6 is 0 Å². The minimum atomic E-state index is -0.400. The van der Waals surface area contributed by atoms with E-state index in [9.17, 15) is 0 Å². The van der Waals surface area contributed by atoms with Gasteiger partial charge in [-0.25, -0.2) is 0 Å². The molecule has 0 amide bonds. The molecule has 0 bridgehead atoms. The molecule has 0 N–H and O–H groups in total. The van der Waals surface area contributed by atoms with Crippen molar-refractivity contribution in [3.8, 4) is 0 Å². The Morgan fingerprint density at radius 2 is 0.628 bits per heavy atom. The van der Waals surface area contributed by atoms with Gasteiger partial charge in [0.05, 0.1) is 0 Å². The van der Waals surface area contributed by atoms with Crippen LogP contribution in [0.5, 0.6) is 0 Å². The molecule has 0 aliphatic heterocycles. The zero-order chi connectivity index (χ0) is 30.9. The van der Waals surface area contributed by atoms with Crippen LogP contribution in [0.2, 0.25) is 0 Å². The number of benzene rings is 4. The normalized spacial score (nSPS) is 14.2. The van der Waals surface area contributed by atoms with Crippen LogP contribution in [0.25, 0.3) is 0 Å². The molecule has 0 fully saturated rings. The van der Waals surface area contributed by atoms with Gasteiger partial charge in [0.25, 0.3) is 0 Å². The van der Waals surface area contributed by atoms with E-state index in [1.807, 2.05) is 0 Å². The van der Waals surface area contributed by atoms with E-state index < -0.39 is 5.41 Å². The summed E-state index contributed by atoms with van der Waals surface area (Å²) in [6.07, 6.45) is 1.99. The van der Waals surface area contributed by atoms with Crippen LogP contribution in [-0.2, 0) is 51.0 Å². The van der Waals surface area contributed by atoms with Gasteiger partial charge in [-0.1, -0.05) is 20.8 Å². The first-order valence-corrected chi connectivity index (χ1v) is 15.9. The number of rotatable bonds is 0. The van der Waals surface area contributed by atoms with Crippen LogP contribution in [0.3, 0.4) is 0 Å². The zero-order valence-corrected chi connectivity index (χ0v) is 32.3. The molecule has 1 spiro atoms. The fourth-order valence-electron chi connectivity index (χ4n) is 9.05. The Morgan fingerprint density at radius 1 is 0.349 bits per heavy atom. The van der Waals surface area contributed by atoms with Gasteiger partial charge in [0, 0.05) is 38.1 Å². The topological polar surface area (TPSA) is 0 Å². The van der Waals surface area contributed by atoms with Crippen LogP contribution in [0, 0.1) is 110 Å². The Morgan fingerprint density at radius 3 is 0.977 bits per heavy atom. The van der Waals surface area contributed by atoms with Crippen LogP contribution in [-0.4, -0.2) is 0 Å². The van der Waals surface area contributed by atoms with E-state index >= 15 is 0 Å². The molecular formula is C42H49Y-. The molecule has 2 aliphatic carbocycles. The SMILES string of the molecule is Cc1[c-]c2c(c(C)c1C)Cc1c(C)c(C)c(C)c(C)c1C21c2c(C)c(C)c(C)c(C)c2Cc2c(C)c(C)c(C)c(C)c21.[Y]. The molecule has 0 atom stereocenters. The van der Waals surface area contributed by atoms with E-state index in [2.05, 4.69) is 110 Å². The fourth-order valence-corrected chi connectivity index (χ4v) is 9.05. The van der Waals surface area contributed by atoms with Crippen molar-refractivity contribution >= 4 is 0 Å². The molecule has 0 unspecified atom stereocenters. The Kier molecular flexibility index (Phi) is 7.93. The maximum Gasteiger partial charge on any atom is 0.0497 e. The summed E-state index contributed by atoms with van der Waals surface area (Å²) in [5.41, 5.74) is 33.4. The molecule has 0 nitrogen and oxygen atoms in total. The number of aryl methyl sites for hydroxylation is 1. The Labute approximate surface area is 287 Å². The summed E-state index contributed by atoms with van der Waals surface area (Å²) >= 11 is 0. The molecule has 1 heteroatoms. The summed E-state index contributed by atoms with van der Waals surface area (Å²) in [7, 11) is 0. The van der Waals surface area contributed by atoms with Gasteiger partial charge >= 0.3 is 0 Å². The van der Waals surface area contributed by atoms with E-state index in [-0.39, 0.29) is 32.7 Å². The van der Waals surface area contributed by atoms with Gasteiger partial charge in [-0.05, 0) is 196 Å². The molecule has 0 aromatic heterocycles. The Balaban J connectivity index is 0.00000368. The standard InChI is InChI=1S/C42H49.Y/c1-19-16-38-34(27(9)20(19)2)17-35-28(10)21(3)24(6)31(13)39(35)42(38)40-32(14)25(7)22(4)29(11)36(40)18-37-30(12)23(5)26(8)33(15)41(37)42;/h17-18H2,1-15H3;/q-1;. The summed E-state index contributed by atoms with van der Waals surface area (Å²) in [6.45, 7) is 35.5. The third-order valence-corrected chi connectivity index (χ3v) is 12.8. The quantitative estimate of drug-likeness (QED) is 0.145. The van der Waals surface area contributed by atoms with Crippen LogP contribution in [0.15, 0.2) is 0 Å². The Hall–Kier alpha value is -2.02. The zero-order valence-electron chi connectivity index (χ0n) is 29.5. The molecule has 0 heterocycles. The largest absolute Gasteiger partial charge is 0.175 e. The second-order valence-corrected chi connectivity index (χ2v) is 14.0. The minimum absolute atomic E-state index is 0. The molecule has 0 saturated heterocycles.